The maximum absolute atomic E-state index is 6.16. The van der Waals surface area contributed by atoms with Gasteiger partial charge >= 0.3 is 0 Å². The van der Waals surface area contributed by atoms with Crippen molar-refractivity contribution in [2.75, 3.05) is 33.4 Å². The summed E-state index contributed by atoms with van der Waals surface area (Å²) in [5.74, 6) is 0.767. The molecule has 0 spiro atoms. The molecule has 1 saturated carbocycles. The molecule has 3 heteroatoms. The first-order valence-corrected chi connectivity index (χ1v) is 7.48. The molecule has 2 N–H and O–H groups in total. The third kappa shape index (κ3) is 2.89. The molecule has 0 aromatic heterocycles. The molecule has 0 aromatic carbocycles. The van der Waals surface area contributed by atoms with Crippen molar-refractivity contribution in [3.8, 4) is 0 Å². The predicted molar refractivity (Wildman–Crippen MR) is 75.6 cm³/mol. The second-order valence-corrected chi connectivity index (χ2v) is 7.02. The van der Waals surface area contributed by atoms with Crippen molar-refractivity contribution in [3.63, 3.8) is 0 Å². The van der Waals surface area contributed by atoms with Crippen LogP contribution in [0.4, 0.5) is 0 Å². The van der Waals surface area contributed by atoms with Crippen LogP contribution in [0.25, 0.3) is 0 Å². The van der Waals surface area contributed by atoms with Crippen molar-refractivity contribution in [1.29, 1.82) is 0 Å². The molecule has 0 radical (unpaired) electrons. The Kier molecular flexibility index (Phi) is 4.35. The fourth-order valence-electron chi connectivity index (χ4n) is 3.56. The van der Waals surface area contributed by atoms with Crippen LogP contribution in [0.3, 0.4) is 0 Å². The standard InChI is InChI=1S/C15H30N2O/c1-14(2)7-4-9-17(10-8-14)15(11-16,12-18-3)13-5-6-13/h13H,4-12,16H2,1-3H3. The lowest BCUT2D eigenvalue weighted by atomic mass is 9.85. The molecule has 1 heterocycles. The molecule has 1 aliphatic heterocycles. The molecule has 1 aliphatic carbocycles. The largest absolute Gasteiger partial charge is 0.383 e. The Morgan fingerprint density at radius 3 is 2.56 bits per heavy atom. The molecule has 2 aliphatic rings. The highest BCUT2D eigenvalue weighted by molar-refractivity contribution is 5.04. The molecule has 0 aromatic rings. The topological polar surface area (TPSA) is 38.5 Å². The van der Waals surface area contributed by atoms with Crippen LogP contribution in [0.15, 0.2) is 0 Å². The highest BCUT2D eigenvalue weighted by atomic mass is 16.5. The van der Waals surface area contributed by atoms with Gasteiger partial charge in [-0.15, -0.1) is 0 Å². The zero-order valence-electron chi connectivity index (χ0n) is 12.4. The van der Waals surface area contributed by atoms with Crippen molar-refractivity contribution in [2.24, 2.45) is 17.1 Å². The normalized spacial score (nSPS) is 28.7. The number of methoxy groups -OCH3 is 1. The van der Waals surface area contributed by atoms with Crippen molar-refractivity contribution < 1.29 is 4.74 Å². The summed E-state index contributed by atoms with van der Waals surface area (Å²) >= 11 is 0. The Balaban J connectivity index is 2.10. The molecule has 1 saturated heterocycles. The number of hydrogen-bond donors (Lipinski definition) is 1. The Morgan fingerprint density at radius 1 is 1.28 bits per heavy atom. The lowest BCUT2D eigenvalue weighted by Crippen LogP contribution is -2.59. The Morgan fingerprint density at radius 2 is 2.00 bits per heavy atom. The first-order chi connectivity index (χ1) is 8.54. The summed E-state index contributed by atoms with van der Waals surface area (Å²) in [5.41, 5.74) is 6.77. The van der Waals surface area contributed by atoms with Crippen LogP contribution < -0.4 is 5.73 Å². The summed E-state index contributed by atoms with van der Waals surface area (Å²) in [6.45, 7) is 8.72. The summed E-state index contributed by atoms with van der Waals surface area (Å²) in [7, 11) is 1.81. The summed E-state index contributed by atoms with van der Waals surface area (Å²) in [6, 6.07) is 0. The molecular formula is C15H30N2O. The van der Waals surface area contributed by atoms with E-state index in [0.29, 0.717) is 5.41 Å². The molecule has 1 unspecified atom stereocenters. The van der Waals surface area contributed by atoms with Gasteiger partial charge in [-0.2, -0.15) is 0 Å². The molecule has 106 valence electrons. The summed E-state index contributed by atoms with van der Waals surface area (Å²) < 4.78 is 5.52. The van der Waals surface area contributed by atoms with Crippen LogP contribution in [0.1, 0.15) is 46.0 Å². The molecule has 0 bridgehead atoms. The van der Waals surface area contributed by atoms with Gasteiger partial charge in [0.15, 0.2) is 0 Å². The molecule has 2 rings (SSSR count). The molecule has 3 nitrogen and oxygen atoms in total. The van der Waals surface area contributed by atoms with E-state index in [1.54, 1.807) is 0 Å². The summed E-state index contributed by atoms with van der Waals surface area (Å²) in [4.78, 5) is 2.66. The van der Waals surface area contributed by atoms with E-state index >= 15 is 0 Å². The first kappa shape index (κ1) is 14.3. The van der Waals surface area contributed by atoms with Gasteiger partial charge in [0.05, 0.1) is 12.1 Å². The minimum absolute atomic E-state index is 0.120. The van der Waals surface area contributed by atoms with Crippen molar-refractivity contribution >= 4 is 0 Å². The number of nitrogens with two attached hydrogens (primary N) is 1. The van der Waals surface area contributed by atoms with Gasteiger partial charge in [0.25, 0.3) is 0 Å². The van der Waals surface area contributed by atoms with E-state index in [1.807, 2.05) is 7.11 Å². The van der Waals surface area contributed by atoms with Crippen molar-refractivity contribution in [1.82, 2.24) is 4.90 Å². The van der Waals surface area contributed by atoms with Gasteiger partial charge in [-0.25, -0.2) is 0 Å². The van der Waals surface area contributed by atoms with Crippen molar-refractivity contribution in [3.05, 3.63) is 0 Å². The Hall–Kier alpha value is -0.120. The van der Waals surface area contributed by atoms with E-state index in [1.165, 1.54) is 45.2 Å². The van der Waals surface area contributed by atoms with Gasteiger partial charge in [-0.1, -0.05) is 13.8 Å². The lowest BCUT2D eigenvalue weighted by Gasteiger charge is -2.43. The average Bonchev–Trinajstić information content (AvgIpc) is 3.14. The SMILES string of the molecule is COCC(CN)(C1CC1)N1CCCC(C)(C)CC1. The number of ether oxygens (including phenoxy) is 1. The minimum atomic E-state index is 0.120. The molecule has 18 heavy (non-hydrogen) atoms. The van der Waals surface area contributed by atoms with E-state index in [-0.39, 0.29) is 5.54 Å². The van der Waals surface area contributed by atoms with Crippen LogP contribution in [0.2, 0.25) is 0 Å². The quantitative estimate of drug-likeness (QED) is 0.818. The first-order valence-electron chi connectivity index (χ1n) is 7.48. The van der Waals surface area contributed by atoms with E-state index < -0.39 is 0 Å². The Labute approximate surface area is 112 Å². The predicted octanol–water partition coefficient (Wildman–Crippen LogP) is 2.25. The van der Waals surface area contributed by atoms with Crippen LogP contribution in [0.5, 0.6) is 0 Å². The third-order valence-electron chi connectivity index (χ3n) is 5.05. The third-order valence-corrected chi connectivity index (χ3v) is 5.05. The average molecular weight is 254 g/mol. The molecule has 1 atom stereocenters. The molecule has 0 amide bonds. The van der Waals surface area contributed by atoms with Gasteiger partial charge in [0.2, 0.25) is 0 Å². The zero-order valence-corrected chi connectivity index (χ0v) is 12.4. The minimum Gasteiger partial charge on any atom is -0.383 e. The maximum Gasteiger partial charge on any atom is 0.0661 e. The summed E-state index contributed by atoms with van der Waals surface area (Å²) in [5, 5.41) is 0. The van der Waals surface area contributed by atoms with E-state index in [2.05, 4.69) is 18.7 Å². The zero-order chi connectivity index (χ0) is 13.2. The van der Waals surface area contributed by atoms with Crippen LogP contribution in [-0.2, 0) is 4.74 Å². The van der Waals surface area contributed by atoms with Gasteiger partial charge < -0.3 is 10.5 Å². The van der Waals surface area contributed by atoms with Crippen LogP contribution >= 0.6 is 0 Å². The maximum atomic E-state index is 6.16. The number of likely N-dealkylation sites (tertiary alicyclic amines) is 1. The monoisotopic (exact) mass is 254 g/mol. The molecular weight excluding hydrogens is 224 g/mol. The smallest absolute Gasteiger partial charge is 0.0661 e. The van der Waals surface area contributed by atoms with Gasteiger partial charge in [-0.05, 0) is 56.5 Å². The number of hydrogen-bond acceptors (Lipinski definition) is 3. The van der Waals surface area contributed by atoms with Crippen LogP contribution in [0, 0.1) is 11.3 Å². The number of rotatable bonds is 5. The van der Waals surface area contributed by atoms with Crippen molar-refractivity contribution in [2.45, 2.75) is 51.5 Å². The highest BCUT2D eigenvalue weighted by Crippen LogP contribution is 2.44. The molecule has 2 fully saturated rings. The van der Waals surface area contributed by atoms with Gasteiger partial charge in [-0.3, -0.25) is 4.90 Å². The highest BCUT2D eigenvalue weighted by Gasteiger charge is 2.48. The van der Waals surface area contributed by atoms with E-state index in [9.17, 15) is 0 Å². The van der Waals surface area contributed by atoms with Crippen LogP contribution in [-0.4, -0.2) is 43.8 Å². The lowest BCUT2D eigenvalue weighted by molar-refractivity contribution is -0.000357. The fraction of sp³-hybridized carbons (Fsp3) is 1.00. The second kappa shape index (κ2) is 5.48. The van der Waals surface area contributed by atoms with E-state index in [4.69, 9.17) is 10.5 Å². The summed E-state index contributed by atoms with van der Waals surface area (Å²) in [6.07, 6.45) is 6.58. The number of nitrogens with zero attached hydrogens (tertiary/aromatic N) is 1. The van der Waals surface area contributed by atoms with E-state index in [0.717, 1.165) is 19.1 Å². The van der Waals surface area contributed by atoms with Gasteiger partial charge in [0.1, 0.15) is 0 Å². The van der Waals surface area contributed by atoms with Gasteiger partial charge in [0, 0.05) is 13.7 Å². The fourth-order valence-corrected chi connectivity index (χ4v) is 3.56. The Bertz CT molecular complexity index is 276. The second-order valence-electron chi connectivity index (χ2n) is 7.02.